The molecule has 11 heteroatoms. The highest BCUT2D eigenvalue weighted by Crippen LogP contribution is 2.36. The zero-order chi connectivity index (χ0) is 28.3. The highest BCUT2D eigenvalue weighted by atomic mass is 19.4. The third-order valence-electron chi connectivity index (χ3n) is 5.80. The number of esters is 1. The smallest absolute Gasteiger partial charge is 0.416 e. The second-order valence-electron chi connectivity index (χ2n) is 8.49. The first-order valence-corrected chi connectivity index (χ1v) is 11.7. The van der Waals surface area contributed by atoms with Gasteiger partial charge in [-0.1, -0.05) is 12.1 Å². The largest absolute Gasteiger partial charge is 0.481 e. The van der Waals surface area contributed by atoms with Gasteiger partial charge in [0.05, 0.1) is 36.1 Å². The quantitative estimate of drug-likeness (QED) is 0.255. The molecule has 0 saturated carbocycles. The van der Waals surface area contributed by atoms with Crippen LogP contribution in [-0.2, 0) is 33.3 Å². The SMILES string of the molecule is CCOC(=O)c1c(CC(=O)O)n(-c2ccc(CC(=O)O)cc2)c2ccc(Oc3ccc(C(F)(F)F)cc3)cc12. The predicted molar refractivity (Wildman–Crippen MR) is 133 cm³/mol. The van der Waals surface area contributed by atoms with E-state index in [4.69, 9.17) is 14.6 Å². The van der Waals surface area contributed by atoms with E-state index in [-0.39, 0.29) is 35.8 Å². The molecule has 0 spiro atoms. The third-order valence-corrected chi connectivity index (χ3v) is 5.80. The van der Waals surface area contributed by atoms with Crippen molar-refractivity contribution in [3.63, 3.8) is 0 Å². The van der Waals surface area contributed by atoms with Crippen LogP contribution in [0.25, 0.3) is 16.6 Å². The molecule has 0 saturated heterocycles. The second-order valence-corrected chi connectivity index (χ2v) is 8.49. The molecule has 0 aliphatic heterocycles. The molecule has 4 rings (SSSR count). The lowest BCUT2D eigenvalue weighted by Crippen LogP contribution is -2.13. The van der Waals surface area contributed by atoms with E-state index in [2.05, 4.69) is 0 Å². The summed E-state index contributed by atoms with van der Waals surface area (Å²) in [6.07, 6.45) is -5.23. The Morgan fingerprint density at radius 1 is 0.846 bits per heavy atom. The fourth-order valence-corrected chi connectivity index (χ4v) is 4.21. The van der Waals surface area contributed by atoms with E-state index in [1.807, 2.05) is 0 Å². The Morgan fingerprint density at radius 3 is 2.03 bits per heavy atom. The van der Waals surface area contributed by atoms with Crippen LogP contribution in [0.1, 0.15) is 34.1 Å². The van der Waals surface area contributed by atoms with Gasteiger partial charge in [0.1, 0.15) is 11.5 Å². The number of fused-ring (bicyclic) bond motifs is 1. The maximum atomic E-state index is 13.0. The molecule has 1 aromatic heterocycles. The van der Waals surface area contributed by atoms with Crippen LogP contribution in [0.15, 0.2) is 66.7 Å². The maximum absolute atomic E-state index is 13.0. The van der Waals surface area contributed by atoms with Gasteiger partial charge in [-0.15, -0.1) is 0 Å². The van der Waals surface area contributed by atoms with E-state index < -0.39 is 36.1 Å². The van der Waals surface area contributed by atoms with Crippen molar-refractivity contribution in [2.24, 2.45) is 0 Å². The number of hydrogen-bond donors (Lipinski definition) is 2. The standard InChI is InChI=1S/C28H22F3NO7/c1-2-38-27(37)26-21-14-20(39-19-9-5-17(6-10-19)28(29,30)31)11-12-22(21)32(23(26)15-25(35)36)18-7-3-16(4-8-18)13-24(33)34/h3-12,14H,2,13,15H2,1H3,(H,33,34)(H,35,36). The summed E-state index contributed by atoms with van der Waals surface area (Å²) in [6.45, 7) is 1.64. The van der Waals surface area contributed by atoms with Crippen LogP contribution in [0.2, 0.25) is 0 Å². The van der Waals surface area contributed by atoms with Crippen molar-refractivity contribution in [2.75, 3.05) is 6.61 Å². The summed E-state index contributed by atoms with van der Waals surface area (Å²) in [7, 11) is 0. The number of nitrogens with zero attached hydrogens (tertiary/aromatic N) is 1. The number of carbonyl (C=O) groups excluding carboxylic acids is 1. The number of carbonyl (C=O) groups is 3. The second kappa shape index (κ2) is 10.9. The molecule has 0 amide bonds. The first-order chi connectivity index (χ1) is 18.5. The van der Waals surface area contributed by atoms with Crippen LogP contribution in [0.4, 0.5) is 13.2 Å². The molecule has 0 bridgehead atoms. The molecule has 202 valence electrons. The van der Waals surface area contributed by atoms with Crippen molar-refractivity contribution in [2.45, 2.75) is 25.9 Å². The first kappa shape index (κ1) is 27.2. The van der Waals surface area contributed by atoms with Gasteiger partial charge in [0.15, 0.2) is 0 Å². The van der Waals surface area contributed by atoms with E-state index in [0.29, 0.717) is 22.2 Å². The summed E-state index contributed by atoms with van der Waals surface area (Å²) in [5.41, 5.74) is 0.757. The van der Waals surface area contributed by atoms with E-state index in [1.165, 1.54) is 24.3 Å². The van der Waals surface area contributed by atoms with Crippen LogP contribution >= 0.6 is 0 Å². The molecule has 3 aromatic carbocycles. The van der Waals surface area contributed by atoms with Gasteiger partial charge in [0.2, 0.25) is 0 Å². The number of benzene rings is 3. The molecular formula is C28H22F3NO7. The number of ether oxygens (including phenoxy) is 2. The van der Waals surface area contributed by atoms with Crippen molar-refractivity contribution in [1.82, 2.24) is 4.57 Å². The average Bonchev–Trinajstić information content (AvgIpc) is 3.16. The minimum absolute atomic E-state index is 0.00160. The molecule has 0 aliphatic rings. The molecule has 0 atom stereocenters. The minimum atomic E-state index is -4.50. The number of hydrogen-bond acceptors (Lipinski definition) is 5. The Kier molecular flexibility index (Phi) is 7.61. The highest BCUT2D eigenvalue weighted by Gasteiger charge is 2.30. The Hall–Kier alpha value is -4.80. The normalized spacial score (nSPS) is 11.4. The Labute approximate surface area is 219 Å². The summed E-state index contributed by atoms with van der Waals surface area (Å²) < 4.78 is 51.2. The zero-order valence-electron chi connectivity index (χ0n) is 20.5. The number of aromatic nitrogens is 1. The Balaban J connectivity index is 1.85. The minimum Gasteiger partial charge on any atom is -0.481 e. The summed E-state index contributed by atoms with van der Waals surface area (Å²) in [4.78, 5) is 35.9. The van der Waals surface area contributed by atoms with E-state index in [1.54, 1.807) is 41.8 Å². The van der Waals surface area contributed by atoms with Gasteiger partial charge in [-0.3, -0.25) is 9.59 Å². The van der Waals surface area contributed by atoms with E-state index >= 15 is 0 Å². The van der Waals surface area contributed by atoms with E-state index in [0.717, 1.165) is 12.1 Å². The number of carboxylic acid groups (broad SMARTS) is 2. The van der Waals surface area contributed by atoms with Crippen LogP contribution in [0.3, 0.4) is 0 Å². The molecule has 0 unspecified atom stereocenters. The third kappa shape index (κ3) is 6.03. The van der Waals surface area contributed by atoms with Crippen molar-refractivity contribution in [1.29, 1.82) is 0 Å². The molecule has 8 nitrogen and oxygen atoms in total. The zero-order valence-corrected chi connectivity index (χ0v) is 20.5. The van der Waals surface area contributed by atoms with Crippen molar-refractivity contribution in [3.8, 4) is 17.2 Å². The fourth-order valence-electron chi connectivity index (χ4n) is 4.21. The average molecular weight is 541 g/mol. The van der Waals surface area contributed by atoms with Crippen molar-refractivity contribution < 1.29 is 47.2 Å². The molecule has 4 aromatic rings. The number of halogens is 3. The van der Waals surface area contributed by atoms with Gasteiger partial charge in [-0.05, 0) is 67.1 Å². The molecular weight excluding hydrogens is 519 g/mol. The number of aliphatic carboxylic acids is 2. The summed E-state index contributed by atoms with van der Waals surface area (Å²) in [6, 6.07) is 15.1. The number of carboxylic acids is 2. The monoisotopic (exact) mass is 541 g/mol. The lowest BCUT2D eigenvalue weighted by Gasteiger charge is -2.12. The lowest BCUT2D eigenvalue weighted by atomic mass is 10.1. The highest BCUT2D eigenvalue weighted by molar-refractivity contribution is 6.07. The Morgan fingerprint density at radius 2 is 1.46 bits per heavy atom. The lowest BCUT2D eigenvalue weighted by molar-refractivity contribution is -0.138. The van der Waals surface area contributed by atoms with Gasteiger partial charge >= 0.3 is 24.1 Å². The van der Waals surface area contributed by atoms with Crippen molar-refractivity contribution >= 4 is 28.8 Å². The molecule has 2 N–H and O–H groups in total. The molecule has 39 heavy (non-hydrogen) atoms. The van der Waals surface area contributed by atoms with Gasteiger partial charge in [-0.2, -0.15) is 13.2 Å². The molecule has 0 aliphatic carbocycles. The molecule has 0 fully saturated rings. The van der Waals surface area contributed by atoms with Crippen molar-refractivity contribution in [3.05, 3.63) is 89.1 Å². The van der Waals surface area contributed by atoms with Crippen LogP contribution in [0.5, 0.6) is 11.5 Å². The summed E-state index contributed by atoms with van der Waals surface area (Å²) >= 11 is 0. The summed E-state index contributed by atoms with van der Waals surface area (Å²) in [5.74, 6) is -2.64. The van der Waals surface area contributed by atoms with Crippen LogP contribution in [-0.4, -0.2) is 39.3 Å². The fraction of sp³-hybridized carbons (Fsp3) is 0.179. The maximum Gasteiger partial charge on any atom is 0.416 e. The summed E-state index contributed by atoms with van der Waals surface area (Å²) in [5, 5.41) is 19.0. The predicted octanol–water partition coefficient (Wildman–Crippen LogP) is 5.87. The van der Waals surface area contributed by atoms with Gasteiger partial charge in [0.25, 0.3) is 0 Å². The molecule has 1 heterocycles. The topological polar surface area (TPSA) is 115 Å². The van der Waals surface area contributed by atoms with Gasteiger partial charge < -0.3 is 24.3 Å². The number of alkyl halides is 3. The van der Waals surface area contributed by atoms with Crippen LogP contribution < -0.4 is 4.74 Å². The number of rotatable bonds is 9. The first-order valence-electron chi connectivity index (χ1n) is 11.7. The Bertz CT molecular complexity index is 1540. The van der Waals surface area contributed by atoms with E-state index in [9.17, 15) is 32.7 Å². The van der Waals surface area contributed by atoms with Gasteiger partial charge in [0, 0.05) is 16.8 Å². The molecule has 0 radical (unpaired) electrons. The van der Waals surface area contributed by atoms with Crippen LogP contribution in [0, 0.1) is 0 Å². The van der Waals surface area contributed by atoms with Gasteiger partial charge in [-0.25, -0.2) is 4.79 Å².